The topological polar surface area (TPSA) is 99.3 Å². The fourth-order valence-electron chi connectivity index (χ4n) is 1.66. The lowest BCUT2D eigenvalue weighted by Crippen LogP contribution is -2.22. The zero-order chi connectivity index (χ0) is 15.3. The van der Waals surface area contributed by atoms with E-state index in [2.05, 4.69) is 9.71 Å². The van der Waals surface area contributed by atoms with Crippen LogP contribution in [-0.2, 0) is 21.4 Å². The molecule has 0 aliphatic rings. The van der Waals surface area contributed by atoms with Crippen LogP contribution in [0.4, 0.5) is 0 Å². The van der Waals surface area contributed by atoms with Gasteiger partial charge in [-0.25, -0.2) is 17.9 Å². The van der Waals surface area contributed by atoms with Gasteiger partial charge < -0.3 is 10.1 Å². The first-order valence-corrected chi connectivity index (χ1v) is 7.58. The smallest absolute Gasteiger partial charge is 0.328 e. The van der Waals surface area contributed by atoms with Crippen molar-refractivity contribution >= 4 is 22.1 Å². The lowest BCUT2D eigenvalue weighted by Gasteiger charge is -2.06. The number of H-pyrrole nitrogens is 1. The molecular formula is C14H14N2O4S. The SMILES string of the molecule is O=C(O)/C=C/c1ccc(S(=O)(=O)NCc2cc[nH]c2)cc1. The molecule has 2 rings (SSSR count). The van der Waals surface area contributed by atoms with Gasteiger partial charge in [-0.05, 0) is 35.4 Å². The molecule has 0 saturated heterocycles. The number of aliphatic carboxylic acids is 1. The molecule has 7 heteroatoms. The lowest BCUT2D eigenvalue weighted by atomic mass is 10.2. The summed E-state index contributed by atoms with van der Waals surface area (Å²) in [6.07, 6.45) is 5.81. The molecule has 0 bridgehead atoms. The van der Waals surface area contributed by atoms with Gasteiger partial charge in [-0.2, -0.15) is 0 Å². The van der Waals surface area contributed by atoms with Crippen molar-refractivity contribution in [2.75, 3.05) is 0 Å². The van der Waals surface area contributed by atoms with Crippen molar-refractivity contribution in [3.8, 4) is 0 Å². The van der Waals surface area contributed by atoms with Gasteiger partial charge in [-0.3, -0.25) is 0 Å². The van der Waals surface area contributed by atoms with E-state index in [9.17, 15) is 13.2 Å². The van der Waals surface area contributed by atoms with Crippen LogP contribution in [0.2, 0.25) is 0 Å². The van der Waals surface area contributed by atoms with Crippen molar-refractivity contribution in [2.45, 2.75) is 11.4 Å². The number of carbonyl (C=O) groups is 1. The van der Waals surface area contributed by atoms with Gasteiger partial charge in [0.05, 0.1) is 4.90 Å². The minimum absolute atomic E-state index is 0.130. The van der Waals surface area contributed by atoms with Crippen molar-refractivity contribution < 1.29 is 18.3 Å². The number of rotatable bonds is 6. The third kappa shape index (κ3) is 4.30. The Balaban J connectivity index is 2.08. The molecular weight excluding hydrogens is 292 g/mol. The van der Waals surface area contributed by atoms with Crippen molar-refractivity contribution in [1.29, 1.82) is 0 Å². The number of sulfonamides is 1. The summed E-state index contributed by atoms with van der Waals surface area (Å²) in [5.41, 5.74) is 1.45. The molecule has 0 radical (unpaired) electrons. The second-order valence-electron chi connectivity index (χ2n) is 4.28. The first-order chi connectivity index (χ1) is 9.97. The van der Waals surface area contributed by atoms with Gasteiger partial charge in [0.15, 0.2) is 0 Å². The number of carboxylic acid groups (broad SMARTS) is 1. The van der Waals surface area contributed by atoms with Gasteiger partial charge in [-0.1, -0.05) is 12.1 Å². The molecule has 0 unspecified atom stereocenters. The Bertz CT molecular complexity index is 732. The average Bonchev–Trinajstić information content (AvgIpc) is 2.97. The van der Waals surface area contributed by atoms with Gasteiger partial charge in [0.25, 0.3) is 0 Å². The fourth-order valence-corrected chi connectivity index (χ4v) is 2.67. The van der Waals surface area contributed by atoms with E-state index in [0.717, 1.165) is 11.6 Å². The van der Waals surface area contributed by atoms with Crippen molar-refractivity contribution in [3.05, 3.63) is 59.9 Å². The number of aromatic amines is 1. The maximum Gasteiger partial charge on any atom is 0.328 e. The number of hydrogen-bond acceptors (Lipinski definition) is 3. The Morgan fingerprint density at radius 2 is 1.95 bits per heavy atom. The van der Waals surface area contributed by atoms with Gasteiger partial charge in [0.2, 0.25) is 10.0 Å². The Labute approximate surface area is 122 Å². The second-order valence-corrected chi connectivity index (χ2v) is 6.05. The van der Waals surface area contributed by atoms with Gasteiger partial charge in [-0.15, -0.1) is 0 Å². The van der Waals surface area contributed by atoms with Crippen molar-refractivity contribution in [1.82, 2.24) is 9.71 Å². The summed E-state index contributed by atoms with van der Waals surface area (Å²) in [5.74, 6) is -1.06. The third-order valence-electron chi connectivity index (χ3n) is 2.74. The highest BCUT2D eigenvalue weighted by Crippen LogP contribution is 2.12. The first kappa shape index (κ1) is 15.0. The summed E-state index contributed by atoms with van der Waals surface area (Å²) in [6, 6.07) is 7.73. The van der Waals surface area contributed by atoms with E-state index in [0.29, 0.717) is 5.56 Å². The summed E-state index contributed by atoms with van der Waals surface area (Å²) < 4.78 is 26.6. The van der Waals surface area contributed by atoms with Crippen LogP contribution in [0.1, 0.15) is 11.1 Å². The van der Waals surface area contributed by atoms with Crippen LogP contribution in [0.5, 0.6) is 0 Å². The lowest BCUT2D eigenvalue weighted by molar-refractivity contribution is -0.131. The Morgan fingerprint density at radius 3 is 2.52 bits per heavy atom. The minimum Gasteiger partial charge on any atom is -0.478 e. The highest BCUT2D eigenvalue weighted by molar-refractivity contribution is 7.89. The maximum atomic E-state index is 12.1. The molecule has 6 nitrogen and oxygen atoms in total. The monoisotopic (exact) mass is 306 g/mol. The molecule has 1 heterocycles. The van der Waals surface area contributed by atoms with Crippen molar-refractivity contribution in [2.24, 2.45) is 0 Å². The Hall–Kier alpha value is -2.38. The zero-order valence-corrected chi connectivity index (χ0v) is 11.8. The zero-order valence-electron chi connectivity index (χ0n) is 11.0. The molecule has 1 aromatic heterocycles. The molecule has 2 aromatic rings. The van der Waals surface area contributed by atoms with E-state index in [1.54, 1.807) is 30.6 Å². The molecule has 0 saturated carbocycles. The Kier molecular flexibility index (Phi) is 4.56. The van der Waals surface area contributed by atoms with Crippen LogP contribution in [0, 0.1) is 0 Å². The van der Waals surface area contributed by atoms with Gasteiger partial charge in [0.1, 0.15) is 0 Å². The van der Waals surface area contributed by atoms with E-state index in [-0.39, 0.29) is 11.4 Å². The summed E-state index contributed by atoms with van der Waals surface area (Å²) in [4.78, 5) is 13.4. The summed E-state index contributed by atoms with van der Waals surface area (Å²) in [5, 5.41) is 8.52. The van der Waals surface area contributed by atoms with Gasteiger partial charge >= 0.3 is 5.97 Å². The van der Waals surface area contributed by atoms with E-state index >= 15 is 0 Å². The number of nitrogens with one attached hydrogen (secondary N) is 2. The second kappa shape index (κ2) is 6.38. The number of aromatic nitrogens is 1. The van der Waals surface area contributed by atoms with E-state index < -0.39 is 16.0 Å². The third-order valence-corrected chi connectivity index (χ3v) is 4.15. The molecule has 110 valence electrons. The molecule has 0 aliphatic heterocycles. The minimum atomic E-state index is -3.59. The van der Waals surface area contributed by atoms with Crippen LogP contribution >= 0.6 is 0 Å². The number of carboxylic acids is 1. The van der Waals surface area contributed by atoms with E-state index in [4.69, 9.17) is 5.11 Å². The van der Waals surface area contributed by atoms with Crippen LogP contribution in [-0.4, -0.2) is 24.5 Å². The molecule has 3 N–H and O–H groups in total. The highest BCUT2D eigenvalue weighted by atomic mass is 32.2. The predicted molar refractivity (Wildman–Crippen MR) is 77.9 cm³/mol. The molecule has 0 aliphatic carbocycles. The number of benzene rings is 1. The van der Waals surface area contributed by atoms with E-state index in [1.165, 1.54) is 18.2 Å². The standard InChI is InChI=1S/C14H14N2O4S/c17-14(18)6-3-11-1-4-13(5-2-11)21(19,20)16-10-12-7-8-15-9-12/h1-9,15-16H,10H2,(H,17,18)/b6-3+. The summed E-state index contributed by atoms with van der Waals surface area (Å²) >= 11 is 0. The Morgan fingerprint density at radius 1 is 1.24 bits per heavy atom. The molecule has 0 spiro atoms. The van der Waals surface area contributed by atoms with Gasteiger partial charge in [0, 0.05) is 25.0 Å². The van der Waals surface area contributed by atoms with Crippen molar-refractivity contribution in [3.63, 3.8) is 0 Å². The van der Waals surface area contributed by atoms with Crippen LogP contribution < -0.4 is 4.72 Å². The molecule has 21 heavy (non-hydrogen) atoms. The highest BCUT2D eigenvalue weighted by Gasteiger charge is 2.13. The van der Waals surface area contributed by atoms with Crippen LogP contribution in [0.25, 0.3) is 6.08 Å². The average molecular weight is 306 g/mol. The normalized spacial score (nSPS) is 11.8. The molecule has 1 aromatic carbocycles. The van der Waals surface area contributed by atoms with Crippen LogP contribution in [0.3, 0.4) is 0 Å². The summed E-state index contributed by atoms with van der Waals surface area (Å²) in [6.45, 7) is 0.201. The molecule has 0 amide bonds. The quantitative estimate of drug-likeness (QED) is 0.706. The molecule has 0 atom stereocenters. The predicted octanol–water partition coefficient (Wildman–Crippen LogP) is 1.59. The van der Waals surface area contributed by atoms with E-state index in [1.807, 2.05) is 0 Å². The molecule has 0 fully saturated rings. The summed E-state index contributed by atoms with van der Waals surface area (Å²) in [7, 11) is -3.59. The maximum absolute atomic E-state index is 12.1. The first-order valence-electron chi connectivity index (χ1n) is 6.10. The largest absolute Gasteiger partial charge is 0.478 e. The fraction of sp³-hybridized carbons (Fsp3) is 0.0714. The van der Waals surface area contributed by atoms with Crippen LogP contribution in [0.15, 0.2) is 53.7 Å². The number of hydrogen-bond donors (Lipinski definition) is 3.